The average Bonchev–Trinajstić information content (AvgIpc) is 2.05. The van der Waals surface area contributed by atoms with E-state index in [-0.39, 0.29) is 0 Å². The lowest BCUT2D eigenvalue weighted by atomic mass is 10.3. The quantitative estimate of drug-likeness (QED) is 0.511. The van der Waals surface area contributed by atoms with Gasteiger partial charge in [-0.3, -0.25) is 4.21 Å². The molecule has 0 spiro atoms. The molecule has 1 atom stereocenters. The van der Waals surface area contributed by atoms with Gasteiger partial charge in [-0.05, 0) is 12.1 Å². The van der Waals surface area contributed by atoms with Gasteiger partial charge in [0.05, 0.1) is 21.4 Å². The van der Waals surface area contributed by atoms with Crippen molar-refractivity contribution in [3.8, 4) is 0 Å². The van der Waals surface area contributed by atoms with Crippen LogP contribution in [0, 0.1) is 0 Å². The summed E-state index contributed by atoms with van der Waals surface area (Å²) >= 11 is 0. The van der Waals surface area contributed by atoms with Gasteiger partial charge in [0.2, 0.25) is 6.08 Å². The van der Waals surface area contributed by atoms with Crippen LogP contribution in [0.25, 0.3) is 0 Å². The fourth-order valence-electron chi connectivity index (χ4n) is 0.842. The molecule has 0 aromatic heterocycles. The summed E-state index contributed by atoms with van der Waals surface area (Å²) in [5.41, 5.74) is 0.424. The van der Waals surface area contributed by atoms with Crippen molar-refractivity contribution >= 4 is 22.6 Å². The second-order valence-electron chi connectivity index (χ2n) is 2.12. The standard InChI is InChI=1S/C8H7NO2S/c1-12(11)8-5-3-2-4-7(8)9-6-10/h2-5H,1H3. The second-order valence-corrected chi connectivity index (χ2v) is 3.47. The molecule has 0 saturated heterocycles. The third-order valence-electron chi connectivity index (χ3n) is 1.34. The van der Waals surface area contributed by atoms with Gasteiger partial charge in [-0.15, -0.1) is 0 Å². The van der Waals surface area contributed by atoms with E-state index in [4.69, 9.17) is 0 Å². The number of benzene rings is 1. The molecular formula is C8H7NO2S. The maximum atomic E-state index is 11.1. The van der Waals surface area contributed by atoms with Gasteiger partial charge in [0, 0.05) is 6.26 Å². The largest absolute Gasteiger partial charge is 0.255 e. The molecule has 0 aliphatic carbocycles. The Balaban J connectivity index is 3.26. The highest BCUT2D eigenvalue weighted by atomic mass is 32.2. The highest BCUT2D eigenvalue weighted by Crippen LogP contribution is 2.20. The first-order chi connectivity index (χ1) is 5.75. The van der Waals surface area contributed by atoms with Crippen LogP contribution in [0.3, 0.4) is 0 Å². The van der Waals surface area contributed by atoms with Crippen LogP contribution in [0.2, 0.25) is 0 Å². The SMILES string of the molecule is CS(=O)c1ccccc1N=C=O. The van der Waals surface area contributed by atoms with Crippen LogP contribution >= 0.6 is 0 Å². The predicted molar refractivity (Wildman–Crippen MR) is 46.6 cm³/mol. The van der Waals surface area contributed by atoms with Crippen molar-refractivity contribution in [3.63, 3.8) is 0 Å². The van der Waals surface area contributed by atoms with E-state index in [9.17, 15) is 9.00 Å². The molecular weight excluding hydrogens is 174 g/mol. The monoisotopic (exact) mass is 181 g/mol. The number of para-hydroxylation sites is 1. The van der Waals surface area contributed by atoms with Crippen LogP contribution in [-0.4, -0.2) is 16.5 Å². The zero-order valence-corrected chi connectivity index (χ0v) is 7.30. The Kier molecular flexibility index (Phi) is 2.91. The summed E-state index contributed by atoms with van der Waals surface area (Å²) in [5, 5.41) is 0. The summed E-state index contributed by atoms with van der Waals surface area (Å²) in [5.74, 6) is 0. The van der Waals surface area contributed by atoms with E-state index < -0.39 is 10.8 Å². The smallest absolute Gasteiger partial charge is 0.240 e. The van der Waals surface area contributed by atoms with E-state index >= 15 is 0 Å². The van der Waals surface area contributed by atoms with E-state index in [2.05, 4.69) is 4.99 Å². The Morgan fingerprint density at radius 3 is 2.67 bits per heavy atom. The highest BCUT2D eigenvalue weighted by Gasteiger charge is 2.02. The molecule has 4 heteroatoms. The van der Waals surface area contributed by atoms with Crippen molar-refractivity contribution in [1.29, 1.82) is 0 Å². The van der Waals surface area contributed by atoms with Gasteiger partial charge in [0.1, 0.15) is 0 Å². The van der Waals surface area contributed by atoms with Crippen LogP contribution in [0.4, 0.5) is 5.69 Å². The number of hydrogen-bond acceptors (Lipinski definition) is 3. The summed E-state index contributed by atoms with van der Waals surface area (Å²) in [4.78, 5) is 13.9. The Hall–Kier alpha value is -1.25. The summed E-state index contributed by atoms with van der Waals surface area (Å²) in [6.07, 6.45) is 2.96. The normalized spacial score (nSPS) is 11.8. The Morgan fingerprint density at radius 2 is 2.08 bits per heavy atom. The molecule has 0 bridgehead atoms. The molecule has 12 heavy (non-hydrogen) atoms. The molecule has 0 aliphatic rings. The minimum atomic E-state index is -1.11. The minimum absolute atomic E-state index is 0.424. The topological polar surface area (TPSA) is 46.5 Å². The average molecular weight is 181 g/mol. The third kappa shape index (κ3) is 1.87. The Bertz CT molecular complexity index is 335. The summed E-state index contributed by atoms with van der Waals surface area (Å²) in [6, 6.07) is 6.78. The zero-order valence-electron chi connectivity index (χ0n) is 6.48. The summed E-state index contributed by atoms with van der Waals surface area (Å²) in [7, 11) is -1.11. The van der Waals surface area contributed by atoms with E-state index in [1.165, 1.54) is 6.08 Å². The lowest BCUT2D eigenvalue weighted by molar-refractivity contribution is 0.565. The maximum Gasteiger partial charge on any atom is 0.240 e. The third-order valence-corrected chi connectivity index (χ3v) is 2.31. The molecule has 0 amide bonds. The van der Waals surface area contributed by atoms with Gasteiger partial charge in [0.25, 0.3) is 0 Å². The van der Waals surface area contributed by atoms with Crippen LogP contribution in [0.15, 0.2) is 34.2 Å². The molecule has 0 heterocycles. The van der Waals surface area contributed by atoms with Crippen LogP contribution in [0.5, 0.6) is 0 Å². The fourth-order valence-corrected chi connectivity index (χ4v) is 1.52. The fraction of sp³-hybridized carbons (Fsp3) is 0.125. The van der Waals surface area contributed by atoms with E-state index in [0.717, 1.165) is 0 Å². The van der Waals surface area contributed by atoms with Gasteiger partial charge in [-0.25, -0.2) is 4.79 Å². The molecule has 1 aromatic carbocycles. The predicted octanol–water partition coefficient (Wildman–Crippen LogP) is 1.39. The van der Waals surface area contributed by atoms with Gasteiger partial charge < -0.3 is 0 Å². The van der Waals surface area contributed by atoms with Crippen molar-refractivity contribution in [2.45, 2.75) is 4.90 Å². The van der Waals surface area contributed by atoms with E-state index in [1.54, 1.807) is 30.5 Å². The van der Waals surface area contributed by atoms with E-state index in [0.29, 0.717) is 10.6 Å². The number of isocyanates is 1. The Labute approximate surface area is 72.6 Å². The van der Waals surface area contributed by atoms with Gasteiger partial charge in [-0.2, -0.15) is 4.99 Å². The highest BCUT2D eigenvalue weighted by molar-refractivity contribution is 7.84. The molecule has 1 unspecified atom stereocenters. The molecule has 0 fully saturated rings. The molecule has 3 nitrogen and oxygen atoms in total. The van der Waals surface area contributed by atoms with Crippen molar-refractivity contribution in [2.75, 3.05) is 6.26 Å². The van der Waals surface area contributed by atoms with Crippen LogP contribution < -0.4 is 0 Å². The number of hydrogen-bond donors (Lipinski definition) is 0. The molecule has 1 aromatic rings. The summed E-state index contributed by atoms with van der Waals surface area (Å²) in [6.45, 7) is 0. The lowest BCUT2D eigenvalue weighted by Crippen LogP contribution is -1.86. The maximum absolute atomic E-state index is 11.1. The number of aliphatic imine (C=N–C) groups is 1. The zero-order chi connectivity index (χ0) is 8.97. The molecule has 0 aliphatic heterocycles. The molecule has 0 N–H and O–H groups in total. The van der Waals surface area contributed by atoms with Gasteiger partial charge in [-0.1, -0.05) is 12.1 Å². The minimum Gasteiger partial charge on any atom is -0.255 e. The van der Waals surface area contributed by atoms with Crippen LogP contribution in [-0.2, 0) is 15.6 Å². The first-order valence-electron chi connectivity index (χ1n) is 3.26. The first kappa shape index (κ1) is 8.84. The molecule has 0 saturated carbocycles. The second kappa shape index (κ2) is 3.95. The van der Waals surface area contributed by atoms with Crippen molar-refractivity contribution in [2.24, 2.45) is 4.99 Å². The van der Waals surface area contributed by atoms with Gasteiger partial charge >= 0.3 is 0 Å². The van der Waals surface area contributed by atoms with Crippen molar-refractivity contribution < 1.29 is 9.00 Å². The first-order valence-corrected chi connectivity index (χ1v) is 4.82. The number of nitrogens with zero attached hydrogens (tertiary/aromatic N) is 1. The van der Waals surface area contributed by atoms with Crippen LogP contribution in [0.1, 0.15) is 0 Å². The molecule has 62 valence electrons. The Morgan fingerprint density at radius 1 is 1.42 bits per heavy atom. The summed E-state index contributed by atoms with van der Waals surface area (Å²) < 4.78 is 11.1. The van der Waals surface area contributed by atoms with Crippen molar-refractivity contribution in [1.82, 2.24) is 0 Å². The van der Waals surface area contributed by atoms with Crippen molar-refractivity contribution in [3.05, 3.63) is 24.3 Å². The molecule has 1 rings (SSSR count). The van der Waals surface area contributed by atoms with Gasteiger partial charge in [0.15, 0.2) is 0 Å². The molecule has 0 radical (unpaired) electrons. The lowest BCUT2D eigenvalue weighted by Gasteiger charge is -1.97. The number of rotatable bonds is 2. The number of carbonyl (C=O) groups excluding carboxylic acids is 1. The van der Waals surface area contributed by atoms with E-state index in [1.807, 2.05) is 0 Å².